The summed E-state index contributed by atoms with van der Waals surface area (Å²) >= 11 is 0. The molecule has 0 nitrogen and oxygen atoms in total. The highest BCUT2D eigenvalue weighted by atomic mass is 14.3. The Labute approximate surface area is 58.7 Å². The fourth-order valence-electron chi connectivity index (χ4n) is 1.87. The largest absolute Gasteiger partial charge is 0.0625 e. The average molecular weight is 125 g/mol. The lowest BCUT2D eigenvalue weighted by Gasteiger charge is -2.33. The maximum atomic E-state index is 2.44. The van der Waals surface area contributed by atoms with Crippen LogP contribution in [0.5, 0.6) is 0 Å². The first kappa shape index (κ1) is 7.11. The second kappa shape index (κ2) is 2.32. The Hall–Kier alpha value is 0. The highest BCUT2D eigenvalue weighted by molar-refractivity contribution is 4.86. The summed E-state index contributed by atoms with van der Waals surface area (Å²) in [4.78, 5) is 0. The lowest BCUT2D eigenvalue weighted by molar-refractivity contribution is 0.231. The van der Waals surface area contributed by atoms with E-state index < -0.39 is 0 Å². The van der Waals surface area contributed by atoms with Crippen LogP contribution in [0.2, 0.25) is 0 Å². The molecule has 0 aromatic carbocycles. The van der Waals surface area contributed by atoms with Crippen LogP contribution in [-0.2, 0) is 0 Å². The molecule has 1 aliphatic rings. The number of hydrogen-bond acceptors (Lipinski definition) is 0. The Morgan fingerprint density at radius 1 is 1.44 bits per heavy atom. The molecule has 0 bridgehead atoms. The van der Waals surface area contributed by atoms with E-state index in [-0.39, 0.29) is 0 Å². The quantitative estimate of drug-likeness (QED) is 0.467. The predicted molar refractivity (Wildman–Crippen MR) is 41.1 cm³/mol. The van der Waals surface area contributed by atoms with E-state index in [1.54, 1.807) is 0 Å². The third-order valence-corrected chi connectivity index (χ3v) is 2.17. The minimum Gasteiger partial charge on any atom is -0.0625 e. The van der Waals surface area contributed by atoms with Crippen LogP contribution >= 0.6 is 0 Å². The van der Waals surface area contributed by atoms with E-state index in [4.69, 9.17) is 0 Å². The lowest BCUT2D eigenvalue weighted by Crippen LogP contribution is -2.20. The molecule has 0 heterocycles. The second-order valence-corrected chi connectivity index (χ2v) is 4.20. The number of hydrogen-bond donors (Lipinski definition) is 0. The first-order valence-electron chi connectivity index (χ1n) is 3.92. The van der Waals surface area contributed by atoms with Crippen LogP contribution in [0.4, 0.5) is 0 Å². The molecule has 1 saturated carbocycles. The Morgan fingerprint density at radius 3 is 2.44 bits per heavy atom. The smallest absolute Gasteiger partial charge is 0.0349 e. The van der Waals surface area contributed by atoms with Gasteiger partial charge in [0, 0.05) is 0 Å². The third kappa shape index (κ3) is 2.00. The molecule has 0 aliphatic heterocycles. The van der Waals surface area contributed by atoms with Gasteiger partial charge in [-0.05, 0) is 37.0 Å². The summed E-state index contributed by atoms with van der Waals surface area (Å²) in [7, 11) is 0. The van der Waals surface area contributed by atoms with Crippen molar-refractivity contribution in [1.82, 2.24) is 0 Å². The summed E-state index contributed by atoms with van der Waals surface area (Å²) < 4.78 is 0. The zero-order valence-corrected chi connectivity index (χ0v) is 6.78. The van der Waals surface area contributed by atoms with Crippen molar-refractivity contribution in [3.63, 3.8) is 0 Å². The molecule has 1 unspecified atom stereocenters. The zero-order valence-electron chi connectivity index (χ0n) is 6.78. The molecular weight excluding hydrogens is 108 g/mol. The van der Waals surface area contributed by atoms with E-state index in [9.17, 15) is 0 Å². The van der Waals surface area contributed by atoms with Crippen molar-refractivity contribution in [3.8, 4) is 0 Å². The average Bonchev–Trinajstić information content (AvgIpc) is 1.60. The van der Waals surface area contributed by atoms with Crippen LogP contribution in [0.3, 0.4) is 0 Å². The first-order chi connectivity index (χ1) is 4.10. The van der Waals surface area contributed by atoms with Gasteiger partial charge in [0.2, 0.25) is 0 Å². The van der Waals surface area contributed by atoms with Gasteiger partial charge in [-0.15, -0.1) is 0 Å². The molecule has 53 valence electrons. The van der Waals surface area contributed by atoms with Crippen molar-refractivity contribution >= 4 is 0 Å². The summed E-state index contributed by atoms with van der Waals surface area (Å²) in [5.74, 6) is 0.925. The van der Waals surface area contributed by atoms with Gasteiger partial charge < -0.3 is 0 Å². The van der Waals surface area contributed by atoms with Crippen molar-refractivity contribution in [2.45, 2.75) is 40.0 Å². The van der Waals surface area contributed by atoms with Crippen molar-refractivity contribution in [3.05, 3.63) is 6.42 Å². The van der Waals surface area contributed by atoms with Gasteiger partial charge in [0.05, 0.1) is 0 Å². The highest BCUT2D eigenvalue weighted by Gasteiger charge is 2.24. The van der Waals surface area contributed by atoms with E-state index in [2.05, 4.69) is 27.2 Å². The maximum absolute atomic E-state index is 2.44. The fraction of sp³-hybridized carbons (Fsp3) is 0.889. The second-order valence-electron chi connectivity index (χ2n) is 4.20. The van der Waals surface area contributed by atoms with Gasteiger partial charge in [-0.3, -0.25) is 0 Å². The molecule has 0 heteroatoms. The van der Waals surface area contributed by atoms with Crippen molar-refractivity contribution < 1.29 is 0 Å². The zero-order chi connectivity index (χ0) is 6.91. The molecular formula is C9H17. The molecule has 0 saturated heterocycles. The fourth-order valence-corrected chi connectivity index (χ4v) is 1.87. The summed E-state index contributed by atoms with van der Waals surface area (Å²) in [6, 6.07) is 0. The number of rotatable bonds is 0. The van der Waals surface area contributed by atoms with Crippen molar-refractivity contribution in [2.24, 2.45) is 11.3 Å². The van der Waals surface area contributed by atoms with E-state index in [1.165, 1.54) is 19.3 Å². The molecule has 1 aliphatic carbocycles. The van der Waals surface area contributed by atoms with Crippen LogP contribution in [0, 0.1) is 17.8 Å². The van der Waals surface area contributed by atoms with Crippen LogP contribution in [0.25, 0.3) is 0 Å². The minimum atomic E-state index is 0.595. The van der Waals surface area contributed by atoms with E-state index in [0.29, 0.717) is 5.41 Å². The Bertz CT molecular complexity index is 92.2. The molecule has 0 aromatic heterocycles. The predicted octanol–water partition coefficient (Wildman–Crippen LogP) is 3.04. The van der Waals surface area contributed by atoms with Gasteiger partial charge in [0.25, 0.3) is 0 Å². The first-order valence-corrected chi connectivity index (χ1v) is 3.92. The molecule has 1 rings (SSSR count). The van der Waals surface area contributed by atoms with Gasteiger partial charge in [-0.2, -0.15) is 0 Å². The minimum absolute atomic E-state index is 0.595. The van der Waals surface area contributed by atoms with Crippen molar-refractivity contribution in [1.29, 1.82) is 0 Å². The standard InChI is InChI=1S/C9H17/c1-8-5-4-6-9(2,3)7-8/h4,8H,5-7H2,1-3H3. The summed E-state index contributed by atoms with van der Waals surface area (Å²) in [6.07, 6.45) is 6.50. The molecule has 0 spiro atoms. The van der Waals surface area contributed by atoms with Crippen LogP contribution in [-0.4, -0.2) is 0 Å². The van der Waals surface area contributed by atoms with Gasteiger partial charge in [0.15, 0.2) is 0 Å². The Balaban J connectivity index is 2.41. The van der Waals surface area contributed by atoms with Gasteiger partial charge in [0.1, 0.15) is 0 Å². The molecule has 0 amide bonds. The van der Waals surface area contributed by atoms with E-state index >= 15 is 0 Å². The molecule has 1 radical (unpaired) electrons. The summed E-state index contributed by atoms with van der Waals surface area (Å²) in [5, 5.41) is 0. The monoisotopic (exact) mass is 125 g/mol. The Kier molecular flexibility index (Phi) is 1.83. The third-order valence-electron chi connectivity index (χ3n) is 2.17. The van der Waals surface area contributed by atoms with Gasteiger partial charge >= 0.3 is 0 Å². The van der Waals surface area contributed by atoms with Crippen LogP contribution < -0.4 is 0 Å². The van der Waals surface area contributed by atoms with Crippen LogP contribution in [0.1, 0.15) is 40.0 Å². The topological polar surface area (TPSA) is 0 Å². The van der Waals surface area contributed by atoms with Gasteiger partial charge in [-0.1, -0.05) is 20.8 Å². The molecule has 0 N–H and O–H groups in total. The van der Waals surface area contributed by atoms with Gasteiger partial charge in [-0.25, -0.2) is 0 Å². The normalized spacial score (nSPS) is 34.3. The molecule has 1 fully saturated rings. The molecule has 0 aromatic rings. The van der Waals surface area contributed by atoms with E-state index in [0.717, 1.165) is 5.92 Å². The SMILES string of the molecule is CC1C[CH]CC(C)(C)C1. The Morgan fingerprint density at radius 2 is 2.11 bits per heavy atom. The summed E-state index contributed by atoms with van der Waals surface area (Å²) in [5.41, 5.74) is 0.595. The van der Waals surface area contributed by atoms with Crippen LogP contribution in [0.15, 0.2) is 0 Å². The molecule has 1 atom stereocenters. The van der Waals surface area contributed by atoms with Crippen molar-refractivity contribution in [2.75, 3.05) is 0 Å². The summed E-state index contributed by atoms with van der Waals surface area (Å²) in [6.45, 7) is 7.07. The highest BCUT2D eigenvalue weighted by Crippen LogP contribution is 2.37. The lowest BCUT2D eigenvalue weighted by atomic mass is 9.73. The molecule has 9 heavy (non-hydrogen) atoms. The maximum Gasteiger partial charge on any atom is -0.0349 e. The van der Waals surface area contributed by atoms with E-state index in [1.807, 2.05) is 0 Å².